The summed E-state index contributed by atoms with van der Waals surface area (Å²) >= 11 is 0. The first-order valence-electron chi connectivity index (χ1n) is 8.18. The number of benzene rings is 2. The Bertz CT molecular complexity index is 951. The molecule has 0 radical (unpaired) electrons. The zero-order valence-corrected chi connectivity index (χ0v) is 14.4. The van der Waals surface area contributed by atoms with Crippen LogP contribution in [0.3, 0.4) is 0 Å². The number of carbonyl (C=O) groups excluding carboxylic acids is 1. The lowest BCUT2D eigenvalue weighted by molar-refractivity contribution is -0.137. The van der Waals surface area contributed by atoms with Crippen molar-refractivity contribution in [3.63, 3.8) is 0 Å². The van der Waals surface area contributed by atoms with E-state index in [4.69, 9.17) is 4.52 Å². The number of hydrogen-bond acceptors (Lipinski definition) is 4. The highest BCUT2D eigenvalue weighted by Crippen LogP contribution is 2.30. The SMILES string of the molecule is Cc1ccccc1-c1noc(CCC(=O)Nc2cccc(C(F)(F)F)c2)n1. The third-order valence-corrected chi connectivity index (χ3v) is 3.89. The van der Waals surface area contributed by atoms with Crippen LogP contribution in [0, 0.1) is 6.92 Å². The van der Waals surface area contributed by atoms with Crippen molar-refractivity contribution in [2.75, 3.05) is 5.32 Å². The van der Waals surface area contributed by atoms with Crippen molar-refractivity contribution in [2.24, 2.45) is 0 Å². The minimum atomic E-state index is -4.46. The van der Waals surface area contributed by atoms with E-state index in [1.807, 2.05) is 31.2 Å². The fourth-order valence-corrected chi connectivity index (χ4v) is 2.51. The second-order valence-electron chi connectivity index (χ2n) is 5.95. The number of rotatable bonds is 5. The van der Waals surface area contributed by atoms with Crippen molar-refractivity contribution >= 4 is 11.6 Å². The van der Waals surface area contributed by atoms with Crippen molar-refractivity contribution in [1.29, 1.82) is 0 Å². The normalized spacial score (nSPS) is 11.4. The molecule has 0 aliphatic heterocycles. The third kappa shape index (κ3) is 4.72. The molecule has 1 amide bonds. The fourth-order valence-electron chi connectivity index (χ4n) is 2.51. The quantitative estimate of drug-likeness (QED) is 0.706. The van der Waals surface area contributed by atoms with Gasteiger partial charge in [-0.2, -0.15) is 18.2 Å². The molecule has 3 aromatic rings. The summed E-state index contributed by atoms with van der Waals surface area (Å²) in [6, 6.07) is 12.0. The van der Waals surface area contributed by atoms with Crippen molar-refractivity contribution in [3.8, 4) is 11.4 Å². The molecule has 3 rings (SSSR count). The fraction of sp³-hybridized carbons (Fsp3) is 0.211. The summed E-state index contributed by atoms with van der Waals surface area (Å²) in [6.07, 6.45) is -4.27. The van der Waals surface area contributed by atoms with Crippen LogP contribution in [0.25, 0.3) is 11.4 Å². The van der Waals surface area contributed by atoms with Gasteiger partial charge in [-0.05, 0) is 30.7 Å². The number of amides is 1. The van der Waals surface area contributed by atoms with Gasteiger partial charge in [0.15, 0.2) is 0 Å². The molecule has 0 fully saturated rings. The molecule has 0 aliphatic rings. The molecular weight excluding hydrogens is 359 g/mol. The summed E-state index contributed by atoms with van der Waals surface area (Å²) in [4.78, 5) is 16.3. The van der Waals surface area contributed by atoms with Gasteiger partial charge in [0, 0.05) is 24.1 Å². The highest BCUT2D eigenvalue weighted by atomic mass is 19.4. The Morgan fingerprint density at radius 3 is 2.67 bits per heavy atom. The molecule has 0 saturated carbocycles. The standard InChI is InChI=1S/C19H16F3N3O2/c1-12-5-2-3-8-15(12)18-24-17(27-25-18)10-9-16(26)23-14-7-4-6-13(11-14)19(20,21)22/h2-8,11H,9-10H2,1H3,(H,23,26). The molecule has 2 aromatic carbocycles. The number of anilines is 1. The molecule has 140 valence electrons. The topological polar surface area (TPSA) is 68.0 Å². The summed E-state index contributed by atoms with van der Waals surface area (Å²) in [5, 5.41) is 6.35. The van der Waals surface area contributed by atoms with Crippen LogP contribution in [0.15, 0.2) is 53.1 Å². The monoisotopic (exact) mass is 375 g/mol. The lowest BCUT2D eigenvalue weighted by Crippen LogP contribution is -2.13. The van der Waals surface area contributed by atoms with Gasteiger partial charge in [0.05, 0.1) is 5.56 Å². The van der Waals surface area contributed by atoms with Crippen LogP contribution in [0.1, 0.15) is 23.4 Å². The predicted octanol–water partition coefficient (Wildman–Crippen LogP) is 4.64. The van der Waals surface area contributed by atoms with E-state index < -0.39 is 17.6 Å². The Labute approximate surface area is 153 Å². The van der Waals surface area contributed by atoms with Crippen LogP contribution in [-0.4, -0.2) is 16.0 Å². The Balaban J connectivity index is 1.60. The molecule has 1 aromatic heterocycles. The highest BCUT2D eigenvalue weighted by molar-refractivity contribution is 5.90. The number of halogens is 3. The number of carbonyl (C=O) groups is 1. The number of aromatic nitrogens is 2. The van der Waals surface area contributed by atoms with Gasteiger partial charge < -0.3 is 9.84 Å². The van der Waals surface area contributed by atoms with Gasteiger partial charge in [0.1, 0.15) is 0 Å². The van der Waals surface area contributed by atoms with Gasteiger partial charge >= 0.3 is 6.18 Å². The van der Waals surface area contributed by atoms with Gasteiger partial charge in [-0.15, -0.1) is 0 Å². The first-order chi connectivity index (χ1) is 12.8. The van der Waals surface area contributed by atoms with Crippen molar-refractivity contribution in [1.82, 2.24) is 10.1 Å². The number of hydrogen-bond donors (Lipinski definition) is 1. The Hall–Kier alpha value is -3.16. The van der Waals surface area contributed by atoms with E-state index in [9.17, 15) is 18.0 Å². The van der Waals surface area contributed by atoms with Crippen molar-refractivity contribution < 1.29 is 22.5 Å². The van der Waals surface area contributed by atoms with Crippen molar-refractivity contribution in [2.45, 2.75) is 25.9 Å². The number of nitrogens with one attached hydrogen (secondary N) is 1. The van der Waals surface area contributed by atoms with E-state index in [1.165, 1.54) is 12.1 Å². The molecule has 8 heteroatoms. The predicted molar refractivity (Wildman–Crippen MR) is 92.9 cm³/mol. The molecule has 0 spiro atoms. The third-order valence-electron chi connectivity index (χ3n) is 3.89. The maximum Gasteiger partial charge on any atom is 0.416 e. The largest absolute Gasteiger partial charge is 0.416 e. The molecule has 1 N–H and O–H groups in total. The van der Waals surface area contributed by atoms with Crippen molar-refractivity contribution in [3.05, 3.63) is 65.5 Å². The minimum Gasteiger partial charge on any atom is -0.339 e. The molecule has 0 saturated heterocycles. The van der Waals surface area contributed by atoms with E-state index in [2.05, 4.69) is 15.5 Å². The zero-order chi connectivity index (χ0) is 19.4. The Kier molecular flexibility index (Phi) is 5.25. The van der Waals surface area contributed by atoms with Crippen LogP contribution in [0.2, 0.25) is 0 Å². The second kappa shape index (κ2) is 7.61. The van der Waals surface area contributed by atoms with E-state index in [0.29, 0.717) is 5.82 Å². The number of aryl methyl sites for hydroxylation is 2. The van der Waals surface area contributed by atoms with Gasteiger partial charge in [-0.3, -0.25) is 4.79 Å². The van der Waals surface area contributed by atoms with Crippen LogP contribution in [0.4, 0.5) is 18.9 Å². The first-order valence-corrected chi connectivity index (χ1v) is 8.18. The first kappa shape index (κ1) is 18.6. The van der Waals surface area contributed by atoms with Gasteiger partial charge in [-0.25, -0.2) is 0 Å². The smallest absolute Gasteiger partial charge is 0.339 e. The lowest BCUT2D eigenvalue weighted by Gasteiger charge is -2.09. The van der Waals surface area contributed by atoms with E-state index >= 15 is 0 Å². The maximum atomic E-state index is 12.7. The molecule has 0 aliphatic carbocycles. The second-order valence-corrected chi connectivity index (χ2v) is 5.95. The highest BCUT2D eigenvalue weighted by Gasteiger charge is 2.30. The summed E-state index contributed by atoms with van der Waals surface area (Å²) in [5.74, 6) is 0.277. The summed E-state index contributed by atoms with van der Waals surface area (Å²) in [7, 11) is 0. The Morgan fingerprint density at radius 2 is 1.93 bits per heavy atom. The van der Waals surface area contributed by atoms with Crippen LogP contribution in [-0.2, 0) is 17.4 Å². The average Bonchev–Trinajstić information content (AvgIpc) is 3.09. The molecule has 5 nitrogen and oxygen atoms in total. The van der Waals surface area contributed by atoms with E-state index in [-0.39, 0.29) is 24.4 Å². The van der Waals surface area contributed by atoms with Crippen LogP contribution in [0.5, 0.6) is 0 Å². The van der Waals surface area contributed by atoms with Gasteiger partial charge in [0.25, 0.3) is 0 Å². The lowest BCUT2D eigenvalue weighted by atomic mass is 10.1. The minimum absolute atomic E-state index is 0.00561. The van der Waals surface area contributed by atoms with E-state index in [0.717, 1.165) is 23.3 Å². The van der Waals surface area contributed by atoms with Crippen LogP contribution >= 0.6 is 0 Å². The number of alkyl halides is 3. The molecule has 27 heavy (non-hydrogen) atoms. The summed E-state index contributed by atoms with van der Waals surface area (Å²) in [5.41, 5.74) is 1.09. The molecule has 0 atom stereocenters. The zero-order valence-electron chi connectivity index (χ0n) is 14.4. The van der Waals surface area contributed by atoms with Gasteiger partial charge in [-0.1, -0.05) is 35.5 Å². The summed E-state index contributed by atoms with van der Waals surface area (Å²) in [6.45, 7) is 1.92. The molecule has 1 heterocycles. The molecular formula is C19H16F3N3O2. The maximum absolute atomic E-state index is 12.7. The Morgan fingerprint density at radius 1 is 1.15 bits per heavy atom. The van der Waals surface area contributed by atoms with Gasteiger partial charge in [0.2, 0.25) is 17.6 Å². The molecule has 0 unspecified atom stereocenters. The summed E-state index contributed by atoms with van der Waals surface area (Å²) < 4.78 is 43.3. The number of nitrogens with zero attached hydrogens (tertiary/aromatic N) is 2. The molecule has 0 bridgehead atoms. The van der Waals surface area contributed by atoms with Crippen LogP contribution < -0.4 is 5.32 Å². The average molecular weight is 375 g/mol. The van der Waals surface area contributed by atoms with E-state index in [1.54, 1.807) is 0 Å².